The van der Waals surface area contributed by atoms with Crippen LogP contribution < -0.4 is 11.1 Å². The molecule has 1 aliphatic rings. The summed E-state index contributed by atoms with van der Waals surface area (Å²) in [4.78, 5) is 11.9. The molecule has 1 rings (SSSR count). The summed E-state index contributed by atoms with van der Waals surface area (Å²) in [6.45, 7) is 4.40. The quantitative estimate of drug-likeness (QED) is 0.691. The second kappa shape index (κ2) is 6.18. The van der Waals surface area contributed by atoms with Gasteiger partial charge in [0.05, 0.1) is 12.1 Å². The van der Waals surface area contributed by atoms with Gasteiger partial charge in [-0.1, -0.05) is 6.92 Å². The van der Waals surface area contributed by atoms with Crippen molar-refractivity contribution < 1.29 is 14.3 Å². The van der Waals surface area contributed by atoms with E-state index in [9.17, 15) is 4.79 Å². The second-order valence-electron chi connectivity index (χ2n) is 4.54. The van der Waals surface area contributed by atoms with E-state index < -0.39 is 5.54 Å². The third-order valence-electron chi connectivity index (χ3n) is 2.90. The molecule has 0 aromatic carbocycles. The number of amides is 1. The van der Waals surface area contributed by atoms with Crippen LogP contribution in [0.15, 0.2) is 0 Å². The fourth-order valence-corrected chi connectivity index (χ4v) is 1.75. The van der Waals surface area contributed by atoms with Crippen molar-refractivity contribution in [1.29, 1.82) is 0 Å². The van der Waals surface area contributed by atoms with Crippen LogP contribution in [0, 0.1) is 5.92 Å². The molecule has 5 heteroatoms. The lowest BCUT2D eigenvalue weighted by atomic mass is 9.90. The second-order valence-corrected chi connectivity index (χ2v) is 4.54. The van der Waals surface area contributed by atoms with Crippen LogP contribution >= 0.6 is 0 Å². The average Bonchev–Trinajstić information content (AvgIpc) is 2.27. The van der Waals surface area contributed by atoms with E-state index in [4.69, 9.17) is 15.2 Å². The third-order valence-corrected chi connectivity index (χ3v) is 2.90. The van der Waals surface area contributed by atoms with Crippen molar-refractivity contribution in [1.82, 2.24) is 5.32 Å². The molecular formula is C11H22N2O3. The van der Waals surface area contributed by atoms with Crippen molar-refractivity contribution in [2.75, 3.05) is 33.5 Å². The van der Waals surface area contributed by atoms with Gasteiger partial charge < -0.3 is 20.5 Å². The smallest absolute Gasteiger partial charge is 0.240 e. The Labute approximate surface area is 96.7 Å². The number of carbonyl (C=O) groups excluding carboxylic acids is 1. The van der Waals surface area contributed by atoms with Crippen LogP contribution in [-0.4, -0.2) is 44.9 Å². The third kappa shape index (κ3) is 3.73. The minimum absolute atomic E-state index is 0.0706. The highest BCUT2D eigenvalue weighted by Crippen LogP contribution is 2.17. The molecule has 1 fully saturated rings. The molecule has 94 valence electrons. The zero-order chi connectivity index (χ0) is 12.0. The van der Waals surface area contributed by atoms with Crippen molar-refractivity contribution in [3.05, 3.63) is 0 Å². The first-order chi connectivity index (χ1) is 7.58. The van der Waals surface area contributed by atoms with Gasteiger partial charge in [0.25, 0.3) is 0 Å². The maximum atomic E-state index is 11.9. The first-order valence-electron chi connectivity index (χ1n) is 5.72. The van der Waals surface area contributed by atoms with E-state index in [1.54, 1.807) is 7.11 Å². The van der Waals surface area contributed by atoms with E-state index >= 15 is 0 Å². The van der Waals surface area contributed by atoms with E-state index in [0.29, 0.717) is 45.1 Å². The topological polar surface area (TPSA) is 73.6 Å². The molecule has 1 saturated heterocycles. The fraction of sp³-hybridized carbons (Fsp3) is 0.909. The van der Waals surface area contributed by atoms with Crippen molar-refractivity contribution >= 4 is 5.91 Å². The van der Waals surface area contributed by atoms with E-state index in [-0.39, 0.29) is 5.91 Å². The van der Waals surface area contributed by atoms with Crippen LogP contribution in [0.25, 0.3) is 0 Å². The zero-order valence-corrected chi connectivity index (χ0v) is 10.1. The molecule has 1 atom stereocenters. The molecule has 1 aliphatic heterocycles. The Hall–Kier alpha value is -0.650. The van der Waals surface area contributed by atoms with Crippen LogP contribution in [0.1, 0.15) is 19.8 Å². The number of hydrogen-bond donors (Lipinski definition) is 2. The molecule has 5 nitrogen and oxygen atoms in total. The highest BCUT2D eigenvalue weighted by Gasteiger charge is 2.35. The van der Waals surface area contributed by atoms with Gasteiger partial charge in [-0.3, -0.25) is 4.79 Å². The van der Waals surface area contributed by atoms with Crippen LogP contribution in [0.4, 0.5) is 0 Å². The molecule has 0 spiro atoms. The molecule has 1 unspecified atom stereocenters. The van der Waals surface area contributed by atoms with Crippen LogP contribution in [0.5, 0.6) is 0 Å². The molecule has 16 heavy (non-hydrogen) atoms. The van der Waals surface area contributed by atoms with Crippen molar-refractivity contribution in [2.24, 2.45) is 11.7 Å². The van der Waals surface area contributed by atoms with Crippen LogP contribution in [-0.2, 0) is 14.3 Å². The molecule has 0 saturated carbocycles. The largest absolute Gasteiger partial charge is 0.384 e. The number of methoxy groups -OCH3 is 1. The average molecular weight is 230 g/mol. The Kier molecular flexibility index (Phi) is 5.18. The minimum atomic E-state index is -0.745. The lowest BCUT2D eigenvalue weighted by molar-refractivity contribution is -0.130. The van der Waals surface area contributed by atoms with Crippen molar-refractivity contribution in [2.45, 2.75) is 25.3 Å². The van der Waals surface area contributed by atoms with Crippen molar-refractivity contribution in [3.63, 3.8) is 0 Å². The summed E-state index contributed by atoms with van der Waals surface area (Å²) in [7, 11) is 1.65. The predicted octanol–water partition coefficient (Wildman–Crippen LogP) is -0.107. The monoisotopic (exact) mass is 230 g/mol. The van der Waals surface area contributed by atoms with Gasteiger partial charge in [0, 0.05) is 26.9 Å². The molecule has 0 bridgehead atoms. The number of nitrogens with one attached hydrogen (secondary N) is 1. The summed E-state index contributed by atoms with van der Waals surface area (Å²) in [5.41, 5.74) is 5.29. The highest BCUT2D eigenvalue weighted by molar-refractivity contribution is 5.86. The van der Waals surface area contributed by atoms with Gasteiger partial charge in [-0.05, 0) is 18.8 Å². The Balaban J connectivity index is 2.33. The first-order valence-corrected chi connectivity index (χ1v) is 5.72. The van der Waals surface area contributed by atoms with Crippen LogP contribution in [0.2, 0.25) is 0 Å². The zero-order valence-electron chi connectivity index (χ0n) is 10.1. The minimum Gasteiger partial charge on any atom is -0.384 e. The summed E-state index contributed by atoms with van der Waals surface area (Å²) in [5.74, 6) is 0.233. The summed E-state index contributed by atoms with van der Waals surface area (Å²) in [5, 5.41) is 2.88. The molecule has 1 amide bonds. The molecule has 0 aromatic rings. The van der Waals surface area contributed by atoms with Crippen LogP contribution in [0.3, 0.4) is 0 Å². The Morgan fingerprint density at radius 1 is 1.56 bits per heavy atom. The normalized spacial score (nSPS) is 21.4. The van der Waals surface area contributed by atoms with E-state index in [1.165, 1.54) is 0 Å². The molecular weight excluding hydrogens is 208 g/mol. The van der Waals surface area contributed by atoms with Gasteiger partial charge in [0.2, 0.25) is 5.91 Å². The van der Waals surface area contributed by atoms with Gasteiger partial charge in [-0.25, -0.2) is 0 Å². The number of ether oxygens (including phenoxy) is 2. The highest BCUT2D eigenvalue weighted by atomic mass is 16.5. The number of hydrogen-bond acceptors (Lipinski definition) is 4. The van der Waals surface area contributed by atoms with Crippen molar-refractivity contribution in [3.8, 4) is 0 Å². The summed E-state index contributed by atoms with van der Waals surface area (Å²) in [6, 6.07) is 0. The van der Waals surface area contributed by atoms with E-state index in [2.05, 4.69) is 5.32 Å². The standard InChI is InChI=1S/C11H22N2O3/c1-9(8-15-2)7-13-10(14)11(12)3-5-16-6-4-11/h9H,3-8,12H2,1-2H3,(H,13,14). The van der Waals surface area contributed by atoms with Gasteiger partial charge in [-0.15, -0.1) is 0 Å². The summed E-state index contributed by atoms with van der Waals surface area (Å²) in [6.07, 6.45) is 1.19. The fourth-order valence-electron chi connectivity index (χ4n) is 1.75. The molecule has 0 aliphatic carbocycles. The van der Waals surface area contributed by atoms with Gasteiger partial charge >= 0.3 is 0 Å². The number of nitrogens with two attached hydrogens (primary N) is 1. The van der Waals surface area contributed by atoms with Gasteiger partial charge in [0.1, 0.15) is 0 Å². The Morgan fingerprint density at radius 2 is 2.19 bits per heavy atom. The maximum absolute atomic E-state index is 11.9. The van der Waals surface area contributed by atoms with E-state index in [0.717, 1.165) is 0 Å². The number of carbonyl (C=O) groups is 1. The predicted molar refractivity (Wildman–Crippen MR) is 61.0 cm³/mol. The lowest BCUT2D eigenvalue weighted by Crippen LogP contribution is -2.57. The molecule has 3 N–H and O–H groups in total. The van der Waals surface area contributed by atoms with Gasteiger partial charge in [0.15, 0.2) is 0 Å². The molecule has 0 aromatic heterocycles. The molecule has 1 heterocycles. The van der Waals surface area contributed by atoms with Gasteiger partial charge in [-0.2, -0.15) is 0 Å². The SMILES string of the molecule is COCC(C)CNC(=O)C1(N)CCOCC1. The Morgan fingerprint density at radius 3 is 2.75 bits per heavy atom. The maximum Gasteiger partial charge on any atom is 0.240 e. The number of rotatable bonds is 5. The Bertz CT molecular complexity index is 227. The molecule has 0 radical (unpaired) electrons. The summed E-state index contributed by atoms with van der Waals surface area (Å²) >= 11 is 0. The lowest BCUT2D eigenvalue weighted by Gasteiger charge is -2.32. The first kappa shape index (κ1) is 13.4. The summed E-state index contributed by atoms with van der Waals surface area (Å²) < 4.78 is 10.2. The van der Waals surface area contributed by atoms with E-state index in [1.807, 2.05) is 6.92 Å².